The quantitative estimate of drug-likeness (QED) is 0.503. The van der Waals surface area contributed by atoms with Gasteiger partial charge in [0, 0.05) is 26.2 Å². The lowest BCUT2D eigenvalue weighted by molar-refractivity contribution is 0.469. The van der Waals surface area contributed by atoms with Gasteiger partial charge in [-0.15, -0.1) is 0 Å². The second-order valence-corrected chi connectivity index (χ2v) is 4.58. The summed E-state index contributed by atoms with van der Waals surface area (Å²) < 4.78 is 0. The minimum atomic E-state index is 0.738. The molecule has 0 aliphatic heterocycles. The van der Waals surface area contributed by atoms with Gasteiger partial charge in [0.1, 0.15) is 0 Å². The van der Waals surface area contributed by atoms with Gasteiger partial charge in [0.25, 0.3) is 0 Å². The van der Waals surface area contributed by atoms with Crippen LogP contribution < -0.4 is 16.4 Å². The van der Waals surface area contributed by atoms with E-state index in [0.29, 0.717) is 0 Å². The fourth-order valence-corrected chi connectivity index (χ4v) is 2.34. The molecule has 0 atom stereocenters. The van der Waals surface area contributed by atoms with Crippen molar-refractivity contribution in [3.63, 3.8) is 0 Å². The molecule has 0 amide bonds. The lowest BCUT2D eigenvalue weighted by Gasteiger charge is -2.09. The first-order chi connectivity index (χ1) is 7.43. The van der Waals surface area contributed by atoms with E-state index in [1.54, 1.807) is 0 Å². The Balaban J connectivity index is 1.73. The molecule has 1 rings (SSSR count). The first-order valence-corrected chi connectivity index (χ1v) is 6.55. The van der Waals surface area contributed by atoms with E-state index in [4.69, 9.17) is 5.73 Å². The highest BCUT2D eigenvalue weighted by molar-refractivity contribution is 4.67. The van der Waals surface area contributed by atoms with Crippen molar-refractivity contribution in [2.24, 2.45) is 11.7 Å². The SMILES string of the molecule is NCCNCCNCCCC1CCCC1. The molecule has 1 aliphatic rings. The number of rotatable bonds is 9. The average molecular weight is 213 g/mol. The second kappa shape index (κ2) is 9.13. The zero-order chi connectivity index (χ0) is 10.8. The molecule has 0 saturated heterocycles. The maximum absolute atomic E-state index is 5.38. The largest absolute Gasteiger partial charge is 0.329 e. The van der Waals surface area contributed by atoms with Crippen LogP contribution in [0, 0.1) is 5.92 Å². The lowest BCUT2D eigenvalue weighted by Crippen LogP contribution is -2.31. The fourth-order valence-electron chi connectivity index (χ4n) is 2.34. The van der Waals surface area contributed by atoms with E-state index < -0.39 is 0 Å². The molecule has 90 valence electrons. The maximum atomic E-state index is 5.38. The van der Waals surface area contributed by atoms with Crippen molar-refractivity contribution in [3.8, 4) is 0 Å². The molecule has 0 aromatic carbocycles. The lowest BCUT2D eigenvalue weighted by atomic mass is 10.0. The predicted molar refractivity (Wildman–Crippen MR) is 66.0 cm³/mol. The summed E-state index contributed by atoms with van der Waals surface area (Å²) in [6.45, 7) is 4.97. The Labute approximate surface area is 94.2 Å². The Bertz CT molecular complexity index is 133. The third-order valence-corrected chi connectivity index (χ3v) is 3.24. The topological polar surface area (TPSA) is 50.1 Å². The van der Waals surface area contributed by atoms with Crippen LogP contribution in [-0.2, 0) is 0 Å². The van der Waals surface area contributed by atoms with E-state index >= 15 is 0 Å². The highest BCUT2D eigenvalue weighted by Crippen LogP contribution is 2.28. The van der Waals surface area contributed by atoms with Gasteiger partial charge in [-0.2, -0.15) is 0 Å². The van der Waals surface area contributed by atoms with E-state index in [0.717, 1.165) is 32.1 Å². The van der Waals surface area contributed by atoms with Gasteiger partial charge in [-0.05, 0) is 25.3 Å². The van der Waals surface area contributed by atoms with E-state index in [9.17, 15) is 0 Å². The minimum absolute atomic E-state index is 0.738. The van der Waals surface area contributed by atoms with Gasteiger partial charge < -0.3 is 16.4 Å². The molecule has 1 fully saturated rings. The first-order valence-electron chi connectivity index (χ1n) is 6.55. The predicted octanol–water partition coefficient (Wildman–Crippen LogP) is 1.09. The molecule has 3 heteroatoms. The molecule has 0 aromatic rings. The van der Waals surface area contributed by atoms with Gasteiger partial charge in [0.15, 0.2) is 0 Å². The van der Waals surface area contributed by atoms with Crippen molar-refractivity contribution in [2.45, 2.75) is 38.5 Å². The molecule has 1 saturated carbocycles. The molecule has 0 radical (unpaired) electrons. The highest BCUT2D eigenvalue weighted by atomic mass is 14.9. The summed E-state index contributed by atoms with van der Waals surface area (Å²) in [5.41, 5.74) is 5.38. The van der Waals surface area contributed by atoms with Crippen molar-refractivity contribution in [1.82, 2.24) is 10.6 Å². The second-order valence-electron chi connectivity index (χ2n) is 4.58. The Kier molecular flexibility index (Phi) is 7.88. The number of nitrogens with two attached hydrogens (primary N) is 1. The van der Waals surface area contributed by atoms with Gasteiger partial charge >= 0.3 is 0 Å². The van der Waals surface area contributed by atoms with E-state index in [1.807, 2.05) is 0 Å². The molecule has 0 aromatic heterocycles. The van der Waals surface area contributed by atoms with E-state index in [1.165, 1.54) is 45.1 Å². The van der Waals surface area contributed by atoms with Crippen LogP contribution >= 0.6 is 0 Å². The Hall–Kier alpha value is -0.120. The van der Waals surface area contributed by atoms with Gasteiger partial charge in [0.05, 0.1) is 0 Å². The summed E-state index contributed by atoms with van der Waals surface area (Å²) in [5, 5.41) is 6.74. The number of hydrogen-bond donors (Lipinski definition) is 3. The van der Waals surface area contributed by atoms with Crippen LogP contribution in [0.1, 0.15) is 38.5 Å². The maximum Gasteiger partial charge on any atom is 0.00772 e. The van der Waals surface area contributed by atoms with E-state index in [-0.39, 0.29) is 0 Å². The minimum Gasteiger partial charge on any atom is -0.329 e. The molecular weight excluding hydrogens is 186 g/mol. The van der Waals surface area contributed by atoms with Crippen LogP contribution in [0.4, 0.5) is 0 Å². The zero-order valence-electron chi connectivity index (χ0n) is 9.93. The molecule has 0 spiro atoms. The Morgan fingerprint density at radius 2 is 1.60 bits per heavy atom. The van der Waals surface area contributed by atoms with Crippen LogP contribution in [0.5, 0.6) is 0 Å². The molecule has 3 nitrogen and oxygen atoms in total. The fraction of sp³-hybridized carbons (Fsp3) is 1.00. The van der Waals surface area contributed by atoms with Crippen molar-refractivity contribution in [1.29, 1.82) is 0 Å². The molecule has 0 unspecified atom stereocenters. The molecule has 0 heterocycles. The van der Waals surface area contributed by atoms with Crippen LogP contribution in [0.15, 0.2) is 0 Å². The highest BCUT2D eigenvalue weighted by Gasteiger charge is 2.13. The van der Waals surface area contributed by atoms with E-state index in [2.05, 4.69) is 10.6 Å². The molecule has 1 aliphatic carbocycles. The van der Waals surface area contributed by atoms with Gasteiger partial charge in [-0.1, -0.05) is 25.7 Å². The Morgan fingerprint density at radius 1 is 0.933 bits per heavy atom. The Morgan fingerprint density at radius 3 is 2.27 bits per heavy atom. The third kappa shape index (κ3) is 6.88. The molecule has 15 heavy (non-hydrogen) atoms. The van der Waals surface area contributed by atoms with Crippen LogP contribution in [0.25, 0.3) is 0 Å². The van der Waals surface area contributed by atoms with Crippen molar-refractivity contribution < 1.29 is 0 Å². The van der Waals surface area contributed by atoms with Crippen LogP contribution in [0.3, 0.4) is 0 Å². The zero-order valence-corrected chi connectivity index (χ0v) is 9.93. The van der Waals surface area contributed by atoms with Gasteiger partial charge in [-0.3, -0.25) is 0 Å². The average Bonchev–Trinajstić information content (AvgIpc) is 2.75. The smallest absolute Gasteiger partial charge is 0.00772 e. The summed E-state index contributed by atoms with van der Waals surface area (Å²) in [7, 11) is 0. The summed E-state index contributed by atoms with van der Waals surface area (Å²) in [6.07, 6.45) is 8.70. The summed E-state index contributed by atoms with van der Waals surface area (Å²) in [4.78, 5) is 0. The van der Waals surface area contributed by atoms with Crippen molar-refractivity contribution in [3.05, 3.63) is 0 Å². The van der Waals surface area contributed by atoms with Crippen LogP contribution in [-0.4, -0.2) is 32.7 Å². The van der Waals surface area contributed by atoms with Gasteiger partial charge in [0.2, 0.25) is 0 Å². The van der Waals surface area contributed by atoms with Crippen LogP contribution in [0.2, 0.25) is 0 Å². The third-order valence-electron chi connectivity index (χ3n) is 3.24. The summed E-state index contributed by atoms with van der Waals surface area (Å²) in [5.74, 6) is 1.04. The first kappa shape index (κ1) is 12.9. The standard InChI is InChI=1S/C12H27N3/c13-7-9-15-11-10-14-8-3-6-12-4-1-2-5-12/h12,14-15H,1-11,13H2. The molecule has 0 bridgehead atoms. The number of nitrogens with one attached hydrogen (secondary N) is 2. The summed E-state index contributed by atoms with van der Waals surface area (Å²) in [6, 6.07) is 0. The van der Waals surface area contributed by atoms with Gasteiger partial charge in [-0.25, -0.2) is 0 Å². The molecular formula is C12H27N3. The van der Waals surface area contributed by atoms with Crippen molar-refractivity contribution in [2.75, 3.05) is 32.7 Å². The monoisotopic (exact) mass is 213 g/mol. The summed E-state index contributed by atoms with van der Waals surface area (Å²) >= 11 is 0. The normalized spacial score (nSPS) is 17.4. The molecule has 4 N–H and O–H groups in total. The number of hydrogen-bond acceptors (Lipinski definition) is 3. The van der Waals surface area contributed by atoms with Crippen molar-refractivity contribution >= 4 is 0 Å².